The van der Waals surface area contributed by atoms with E-state index in [2.05, 4.69) is 63.7 Å². The summed E-state index contributed by atoms with van der Waals surface area (Å²) in [6, 6.07) is 22.0. The second-order valence-electron chi connectivity index (χ2n) is 14.4. The van der Waals surface area contributed by atoms with Gasteiger partial charge in [0.2, 0.25) is 0 Å². The van der Waals surface area contributed by atoms with E-state index in [1.807, 2.05) is 18.2 Å². The van der Waals surface area contributed by atoms with Crippen LogP contribution in [0.1, 0.15) is 115 Å². The van der Waals surface area contributed by atoms with Gasteiger partial charge in [-0.15, -0.1) is 0 Å². The van der Waals surface area contributed by atoms with Crippen molar-refractivity contribution in [3.05, 3.63) is 78.1 Å². The summed E-state index contributed by atoms with van der Waals surface area (Å²) in [7, 11) is -0.154. The van der Waals surface area contributed by atoms with E-state index in [-0.39, 0.29) is 12.2 Å². The lowest BCUT2D eigenvalue weighted by atomic mass is 9.41. The topological polar surface area (TPSA) is 46.2 Å². The third kappa shape index (κ3) is 12.7. The lowest BCUT2D eigenvalue weighted by molar-refractivity contribution is -0.00581. The van der Waals surface area contributed by atoms with Gasteiger partial charge in [0.15, 0.2) is 8.32 Å². The molecule has 0 N–H and O–H groups in total. The molecule has 2 aromatic rings. The zero-order chi connectivity index (χ0) is 34.0. The molecule has 2 aliphatic rings. The van der Waals surface area contributed by atoms with Crippen LogP contribution in [-0.4, -0.2) is 41.2 Å². The predicted molar refractivity (Wildman–Crippen MR) is 203 cm³/mol. The number of hydrogen-bond donors (Lipinski definition) is 0. The smallest absolute Gasteiger partial charge is 0.363 e. The molecule has 2 saturated carbocycles. The Labute approximate surface area is 294 Å². The second kappa shape index (κ2) is 21.2. The standard InChI is InChI=1S/C41H65BO5Si/c1-6-48(7-2,8-3)47-40(28-29-44-32-35-18-12-9-13-19-35)31-41(45-33-36-24-26-39(43-5)27-25-36)30-34(4)46-42(37-20-14-10-15-21-37)38-22-16-11-17-23-38/h9,12-13,18-19,24-27,37-38,40-41H,4,6-8,10-11,14-17,20-23,28-33H2,1-3,5H3/t40-,41+/m0/s1. The Hall–Kier alpha value is -2.06. The lowest BCUT2D eigenvalue weighted by Gasteiger charge is -2.37. The SMILES string of the molecule is C=C(C[C@H](C[C@H](CCOCc1ccccc1)O[Si](CC)(CC)CC)OCc1ccc(OC)cc1)OB(C1CCCCC1)C1CCCCC1. The van der Waals surface area contributed by atoms with Crippen LogP contribution in [0.5, 0.6) is 5.75 Å². The van der Waals surface area contributed by atoms with Crippen molar-refractivity contribution >= 4 is 15.2 Å². The van der Waals surface area contributed by atoms with Gasteiger partial charge in [-0.25, -0.2) is 0 Å². The van der Waals surface area contributed by atoms with Gasteiger partial charge in [0, 0.05) is 19.1 Å². The van der Waals surface area contributed by atoms with Gasteiger partial charge >= 0.3 is 6.92 Å². The highest BCUT2D eigenvalue weighted by Crippen LogP contribution is 2.43. The monoisotopic (exact) mass is 676 g/mol. The molecule has 2 atom stereocenters. The molecule has 7 heteroatoms. The lowest BCUT2D eigenvalue weighted by Crippen LogP contribution is -2.41. The van der Waals surface area contributed by atoms with Crippen LogP contribution >= 0.6 is 0 Å². The molecule has 48 heavy (non-hydrogen) atoms. The van der Waals surface area contributed by atoms with Crippen molar-refractivity contribution in [2.75, 3.05) is 13.7 Å². The summed E-state index contributed by atoms with van der Waals surface area (Å²) in [4.78, 5) is 0. The Bertz CT molecular complexity index is 1120. The molecular formula is C41H65BO5Si. The first-order valence-corrected chi connectivity index (χ1v) is 21.9. The van der Waals surface area contributed by atoms with Gasteiger partial charge in [0.05, 0.1) is 32.2 Å². The Morgan fingerprint density at radius 3 is 1.92 bits per heavy atom. The fourth-order valence-corrected chi connectivity index (χ4v) is 10.9. The van der Waals surface area contributed by atoms with E-state index in [1.165, 1.54) is 69.8 Å². The molecule has 0 heterocycles. The molecule has 2 fully saturated rings. The van der Waals surface area contributed by atoms with Crippen molar-refractivity contribution in [2.45, 2.75) is 159 Å². The molecule has 0 unspecified atom stereocenters. The number of ether oxygens (including phenoxy) is 3. The van der Waals surface area contributed by atoms with Crippen molar-refractivity contribution in [2.24, 2.45) is 0 Å². The normalized spacial score (nSPS) is 17.5. The zero-order valence-corrected chi connectivity index (χ0v) is 31.8. The minimum atomic E-state index is -1.86. The largest absolute Gasteiger partial charge is 0.563 e. The maximum Gasteiger partial charge on any atom is 0.363 e. The van der Waals surface area contributed by atoms with E-state index >= 15 is 0 Å². The third-order valence-electron chi connectivity index (χ3n) is 11.2. The Morgan fingerprint density at radius 1 is 0.771 bits per heavy atom. The highest BCUT2D eigenvalue weighted by atomic mass is 28.4. The summed E-state index contributed by atoms with van der Waals surface area (Å²) >= 11 is 0. The minimum Gasteiger partial charge on any atom is -0.563 e. The first kappa shape index (κ1) is 38.7. The van der Waals surface area contributed by atoms with Gasteiger partial charge in [-0.2, -0.15) is 0 Å². The van der Waals surface area contributed by atoms with Crippen molar-refractivity contribution in [1.29, 1.82) is 0 Å². The van der Waals surface area contributed by atoms with Crippen LogP contribution in [-0.2, 0) is 31.8 Å². The number of methoxy groups -OCH3 is 1. The minimum absolute atomic E-state index is 0.0608. The summed E-state index contributed by atoms with van der Waals surface area (Å²) in [5.41, 5.74) is 2.34. The summed E-state index contributed by atoms with van der Waals surface area (Å²) in [5.74, 6) is 3.05. The van der Waals surface area contributed by atoms with Crippen molar-refractivity contribution in [3.8, 4) is 5.75 Å². The fourth-order valence-electron chi connectivity index (χ4n) is 7.99. The highest BCUT2D eigenvalue weighted by molar-refractivity contribution is 6.73. The van der Waals surface area contributed by atoms with Crippen LogP contribution in [0.15, 0.2) is 66.9 Å². The number of benzene rings is 2. The van der Waals surface area contributed by atoms with Gasteiger partial charge in [0.25, 0.3) is 0 Å². The second-order valence-corrected chi connectivity index (χ2v) is 19.2. The van der Waals surface area contributed by atoms with E-state index in [1.54, 1.807) is 7.11 Å². The summed E-state index contributed by atoms with van der Waals surface area (Å²) in [5, 5.41) is 0. The van der Waals surface area contributed by atoms with Gasteiger partial charge in [-0.3, -0.25) is 0 Å². The molecule has 0 aliphatic heterocycles. The maximum absolute atomic E-state index is 7.20. The highest BCUT2D eigenvalue weighted by Gasteiger charge is 2.39. The molecule has 0 radical (unpaired) electrons. The summed E-state index contributed by atoms with van der Waals surface area (Å²) < 4.78 is 32.6. The van der Waals surface area contributed by atoms with Crippen LogP contribution in [0, 0.1) is 0 Å². The zero-order valence-electron chi connectivity index (χ0n) is 30.8. The molecule has 0 amide bonds. The van der Waals surface area contributed by atoms with Gasteiger partial charge < -0.3 is 23.3 Å². The van der Waals surface area contributed by atoms with Crippen LogP contribution < -0.4 is 4.74 Å². The first-order chi connectivity index (χ1) is 23.5. The first-order valence-electron chi connectivity index (χ1n) is 19.4. The number of hydrogen-bond acceptors (Lipinski definition) is 5. The predicted octanol–water partition coefficient (Wildman–Crippen LogP) is 11.5. The van der Waals surface area contributed by atoms with Crippen LogP contribution in [0.4, 0.5) is 0 Å². The van der Waals surface area contributed by atoms with Crippen molar-refractivity contribution in [3.63, 3.8) is 0 Å². The van der Waals surface area contributed by atoms with Crippen molar-refractivity contribution in [1.82, 2.24) is 0 Å². The third-order valence-corrected chi connectivity index (χ3v) is 15.9. The summed E-state index contributed by atoms with van der Waals surface area (Å²) in [6.07, 6.45) is 15.6. The quantitative estimate of drug-likeness (QED) is 0.0706. The number of rotatable bonds is 22. The molecule has 0 bridgehead atoms. The van der Waals surface area contributed by atoms with E-state index in [0.29, 0.717) is 44.8 Å². The van der Waals surface area contributed by atoms with E-state index in [9.17, 15) is 0 Å². The molecule has 0 saturated heterocycles. The molecule has 2 aromatic carbocycles. The Balaban J connectivity index is 1.48. The van der Waals surface area contributed by atoms with Crippen LogP contribution in [0.2, 0.25) is 29.8 Å². The molecular weight excluding hydrogens is 611 g/mol. The van der Waals surface area contributed by atoms with Gasteiger partial charge in [0.1, 0.15) is 5.75 Å². The summed E-state index contributed by atoms with van der Waals surface area (Å²) in [6.45, 7) is 13.6. The Morgan fingerprint density at radius 2 is 1.35 bits per heavy atom. The van der Waals surface area contributed by atoms with Crippen LogP contribution in [0.3, 0.4) is 0 Å². The van der Waals surface area contributed by atoms with Crippen LogP contribution in [0.25, 0.3) is 0 Å². The van der Waals surface area contributed by atoms with Gasteiger partial charge in [-0.05, 0) is 65.9 Å². The average Bonchev–Trinajstić information content (AvgIpc) is 3.15. The molecule has 0 aromatic heterocycles. The fraction of sp³-hybridized carbons (Fsp3) is 0.659. The van der Waals surface area contributed by atoms with Crippen molar-refractivity contribution < 1.29 is 23.3 Å². The molecule has 2 aliphatic carbocycles. The molecule has 4 rings (SSSR count). The molecule has 266 valence electrons. The molecule has 0 spiro atoms. The maximum atomic E-state index is 7.20. The van der Waals surface area contributed by atoms with E-state index in [4.69, 9.17) is 23.3 Å². The van der Waals surface area contributed by atoms with Gasteiger partial charge in [-0.1, -0.05) is 134 Å². The van der Waals surface area contributed by atoms with E-state index < -0.39 is 8.32 Å². The Kier molecular flexibility index (Phi) is 17.1. The average molecular weight is 677 g/mol. The molecule has 5 nitrogen and oxygen atoms in total. The van der Waals surface area contributed by atoms with E-state index in [0.717, 1.165) is 48.0 Å².